The highest BCUT2D eigenvalue weighted by atomic mass is 19.4. The van der Waals surface area contributed by atoms with Crippen LogP contribution in [0.3, 0.4) is 0 Å². The van der Waals surface area contributed by atoms with Gasteiger partial charge in [-0.3, -0.25) is 4.90 Å². The van der Waals surface area contributed by atoms with Gasteiger partial charge in [-0.05, 0) is 19.9 Å². The number of hydrogen-bond acceptors (Lipinski definition) is 2. The van der Waals surface area contributed by atoms with Gasteiger partial charge in [0.15, 0.2) is 0 Å². The van der Waals surface area contributed by atoms with Crippen LogP contribution in [0.4, 0.5) is 13.2 Å². The summed E-state index contributed by atoms with van der Waals surface area (Å²) < 4.78 is 36.5. The maximum atomic E-state index is 12.2. The Morgan fingerprint density at radius 2 is 2.13 bits per heavy atom. The Kier molecular flexibility index (Phi) is 4.40. The van der Waals surface area contributed by atoms with Crippen LogP contribution in [0.25, 0.3) is 0 Å². The van der Waals surface area contributed by atoms with Gasteiger partial charge in [-0.2, -0.15) is 13.2 Å². The van der Waals surface area contributed by atoms with Crippen molar-refractivity contribution in [1.29, 1.82) is 0 Å². The van der Waals surface area contributed by atoms with Gasteiger partial charge < -0.3 is 5.32 Å². The van der Waals surface area contributed by atoms with Crippen molar-refractivity contribution in [3.05, 3.63) is 0 Å². The van der Waals surface area contributed by atoms with Crippen molar-refractivity contribution in [1.82, 2.24) is 10.2 Å². The van der Waals surface area contributed by atoms with E-state index >= 15 is 0 Å². The average Bonchev–Trinajstić information content (AvgIpc) is 2.50. The van der Waals surface area contributed by atoms with Crippen LogP contribution in [-0.2, 0) is 0 Å². The Morgan fingerprint density at radius 3 is 2.67 bits per heavy atom. The molecule has 0 amide bonds. The Bertz CT molecular complexity index is 194. The third-order valence-corrected chi connectivity index (χ3v) is 2.86. The van der Waals surface area contributed by atoms with Crippen molar-refractivity contribution in [3.8, 4) is 0 Å². The summed E-state index contributed by atoms with van der Waals surface area (Å²) in [6, 6.07) is -0.0284. The van der Waals surface area contributed by atoms with Crippen molar-refractivity contribution in [2.24, 2.45) is 0 Å². The largest absolute Gasteiger partial charge is 0.390 e. The lowest BCUT2D eigenvalue weighted by Crippen LogP contribution is -2.38. The number of likely N-dealkylation sites (N-methyl/N-ethyl adjacent to an activating group) is 1. The molecule has 1 N–H and O–H groups in total. The van der Waals surface area contributed by atoms with Crippen molar-refractivity contribution in [3.63, 3.8) is 0 Å². The van der Waals surface area contributed by atoms with Crippen LogP contribution in [0.1, 0.15) is 26.7 Å². The summed E-state index contributed by atoms with van der Waals surface area (Å²) in [5.74, 6) is 0. The molecule has 0 spiro atoms. The highest BCUT2D eigenvalue weighted by molar-refractivity contribution is 4.84. The lowest BCUT2D eigenvalue weighted by molar-refractivity contribution is -0.145. The lowest BCUT2D eigenvalue weighted by Gasteiger charge is -2.25. The minimum Gasteiger partial charge on any atom is -0.313 e. The van der Waals surface area contributed by atoms with Crippen LogP contribution < -0.4 is 5.32 Å². The minimum absolute atomic E-state index is 0.366. The average molecular weight is 224 g/mol. The zero-order valence-corrected chi connectivity index (χ0v) is 9.27. The van der Waals surface area contributed by atoms with Crippen LogP contribution in [0.5, 0.6) is 0 Å². The van der Waals surface area contributed by atoms with E-state index < -0.39 is 18.6 Å². The first-order valence-corrected chi connectivity index (χ1v) is 5.46. The lowest BCUT2D eigenvalue weighted by atomic mass is 10.2. The second kappa shape index (κ2) is 5.16. The van der Waals surface area contributed by atoms with E-state index in [0.29, 0.717) is 6.04 Å². The molecule has 15 heavy (non-hydrogen) atoms. The summed E-state index contributed by atoms with van der Waals surface area (Å²) in [5.41, 5.74) is 0. The Morgan fingerprint density at radius 1 is 1.47 bits per heavy atom. The van der Waals surface area contributed by atoms with E-state index in [1.54, 1.807) is 6.92 Å². The van der Waals surface area contributed by atoms with E-state index in [2.05, 4.69) is 5.32 Å². The topological polar surface area (TPSA) is 15.3 Å². The van der Waals surface area contributed by atoms with Crippen molar-refractivity contribution < 1.29 is 13.2 Å². The van der Waals surface area contributed by atoms with Crippen LogP contribution in [0.15, 0.2) is 0 Å². The summed E-state index contributed by atoms with van der Waals surface area (Å²) in [6.07, 6.45) is -3.79. The van der Waals surface area contributed by atoms with Gasteiger partial charge in [-0.25, -0.2) is 0 Å². The van der Waals surface area contributed by atoms with Crippen molar-refractivity contribution in [2.75, 3.05) is 19.6 Å². The number of nitrogens with one attached hydrogen (secondary N) is 1. The maximum absolute atomic E-state index is 12.2. The number of hydrogen-bond donors (Lipinski definition) is 1. The van der Waals surface area contributed by atoms with Crippen LogP contribution in [0, 0.1) is 0 Å². The first kappa shape index (κ1) is 12.8. The molecular weight excluding hydrogens is 205 g/mol. The monoisotopic (exact) mass is 224 g/mol. The van der Waals surface area contributed by atoms with Gasteiger partial charge >= 0.3 is 6.18 Å². The van der Waals surface area contributed by atoms with Crippen LogP contribution in [-0.4, -0.2) is 42.8 Å². The van der Waals surface area contributed by atoms with Crippen molar-refractivity contribution >= 4 is 0 Å². The molecule has 0 radical (unpaired) electrons. The minimum atomic E-state index is -4.05. The zero-order valence-electron chi connectivity index (χ0n) is 9.27. The van der Waals surface area contributed by atoms with Gasteiger partial charge in [-0.15, -0.1) is 0 Å². The molecule has 0 aromatic carbocycles. The molecule has 90 valence electrons. The third kappa shape index (κ3) is 4.38. The molecule has 0 saturated carbocycles. The molecule has 2 nitrogen and oxygen atoms in total. The molecule has 1 saturated heterocycles. The molecule has 1 heterocycles. The molecule has 2 unspecified atom stereocenters. The standard InChI is InChI=1S/C10H19F3N2/c1-3-14-9-4-5-15(7-9)8(2)6-10(11,12)13/h8-9,14H,3-7H2,1-2H3. The van der Waals surface area contributed by atoms with E-state index in [4.69, 9.17) is 0 Å². The summed E-state index contributed by atoms with van der Waals surface area (Å²) in [4.78, 5) is 1.92. The fourth-order valence-corrected chi connectivity index (χ4v) is 2.11. The van der Waals surface area contributed by atoms with Gasteiger partial charge in [0.05, 0.1) is 6.42 Å². The summed E-state index contributed by atoms with van der Waals surface area (Å²) in [5, 5.41) is 3.27. The SMILES string of the molecule is CCNC1CCN(C(C)CC(F)(F)F)C1. The van der Waals surface area contributed by atoms with Crippen LogP contribution >= 0.6 is 0 Å². The molecule has 5 heteroatoms. The van der Waals surface area contributed by atoms with Crippen molar-refractivity contribution in [2.45, 2.75) is 44.9 Å². The van der Waals surface area contributed by atoms with Gasteiger partial charge in [0, 0.05) is 25.2 Å². The molecule has 0 bridgehead atoms. The van der Waals surface area contributed by atoms with Gasteiger partial charge in [-0.1, -0.05) is 6.92 Å². The smallest absolute Gasteiger partial charge is 0.313 e. The van der Waals surface area contributed by atoms with Gasteiger partial charge in [0.2, 0.25) is 0 Å². The van der Waals surface area contributed by atoms with Gasteiger partial charge in [0.25, 0.3) is 0 Å². The quantitative estimate of drug-likeness (QED) is 0.786. The number of halogens is 3. The normalized spacial score (nSPS) is 25.8. The molecule has 0 aromatic heterocycles. The highest BCUT2D eigenvalue weighted by Crippen LogP contribution is 2.25. The third-order valence-electron chi connectivity index (χ3n) is 2.86. The number of nitrogens with zero attached hydrogens (tertiary/aromatic N) is 1. The van der Waals surface area contributed by atoms with E-state index in [0.717, 1.165) is 26.1 Å². The predicted octanol–water partition coefficient (Wildman–Crippen LogP) is 2.01. The Hall–Kier alpha value is -0.290. The first-order valence-electron chi connectivity index (χ1n) is 5.46. The summed E-state index contributed by atoms with van der Waals surface area (Å²) in [7, 11) is 0. The van der Waals surface area contributed by atoms with Crippen LogP contribution in [0.2, 0.25) is 0 Å². The number of alkyl halides is 3. The zero-order chi connectivity index (χ0) is 11.5. The first-order chi connectivity index (χ1) is 6.92. The maximum Gasteiger partial charge on any atom is 0.390 e. The fourth-order valence-electron chi connectivity index (χ4n) is 2.11. The molecule has 1 fully saturated rings. The molecule has 1 aliphatic heterocycles. The highest BCUT2D eigenvalue weighted by Gasteiger charge is 2.34. The van der Waals surface area contributed by atoms with E-state index in [-0.39, 0.29) is 0 Å². The Labute approximate surface area is 88.8 Å². The fraction of sp³-hybridized carbons (Fsp3) is 1.00. The van der Waals surface area contributed by atoms with E-state index in [9.17, 15) is 13.2 Å². The number of rotatable bonds is 4. The van der Waals surface area contributed by atoms with E-state index in [1.165, 1.54) is 0 Å². The molecule has 0 aliphatic carbocycles. The second-order valence-corrected chi connectivity index (χ2v) is 4.21. The van der Waals surface area contributed by atoms with Gasteiger partial charge in [0.1, 0.15) is 0 Å². The molecular formula is C10H19F3N2. The molecule has 1 rings (SSSR count). The summed E-state index contributed by atoms with van der Waals surface area (Å²) in [6.45, 7) is 6.07. The summed E-state index contributed by atoms with van der Waals surface area (Å²) >= 11 is 0. The molecule has 2 atom stereocenters. The second-order valence-electron chi connectivity index (χ2n) is 4.21. The van der Waals surface area contributed by atoms with E-state index in [1.807, 2.05) is 11.8 Å². The molecule has 0 aromatic rings. The Balaban J connectivity index is 2.33. The number of likely N-dealkylation sites (tertiary alicyclic amines) is 1. The predicted molar refractivity (Wildman–Crippen MR) is 53.8 cm³/mol. The molecule has 1 aliphatic rings.